The van der Waals surface area contributed by atoms with Crippen molar-refractivity contribution in [2.24, 2.45) is 16.7 Å². The molecular formula is C28H38O8. The van der Waals surface area contributed by atoms with E-state index in [1.54, 1.807) is 64.1 Å². The molecule has 0 radical (unpaired) electrons. The third-order valence-corrected chi connectivity index (χ3v) is 8.92. The third-order valence-electron chi connectivity index (χ3n) is 8.92. The van der Waals surface area contributed by atoms with Gasteiger partial charge < -0.3 is 29.9 Å². The number of carbonyl (C=O) groups excluding carboxylic acids is 2. The van der Waals surface area contributed by atoms with Crippen LogP contribution in [0.4, 0.5) is 0 Å². The lowest BCUT2D eigenvalue weighted by Gasteiger charge is -2.63. The van der Waals surface area contributed by atoms with E-state index in [1.807, 2.05) is 0 Å². The number of fused-ring (bicyclic) bond motifs is 1. The van der Waals surface area contributed by atoms with Crippen LogP contribution >= 0.6 is 0 Å². The van der Waals surface area contributed by atoms with Crippen LogP contribution in [0.2, 0.25) is 0 Å². The van der Waals surface area contributed by atoms with Crippen molar-refractivity contribution in [1.29, 1.82) is 0 Å². The molecule has 198 valence electrons. The topological polar surface area (TPSA) is 134 Å². The van der Waals surface area contributed by atoms with Crippen molar-refractivity contribution in [3.05, 3.63) is 47.5 Å². The maximum atomic E-state index is 13.5. The number of esters is 1. The maximum Gasteiger partial charge on any atom is 0.338 e. The molecule has 0 amide bonds. The van der Waals surface area contributed by atoms with Gasteiger partial charge in [-0.15, -0.1) is 0 Å². The van der Waals surface area contributed by atoms with Crippen molar-refractivity contribution in [1.82, 2.24) is 0 Å². The lowest BCUT2D eigenvalue weighted by atomic mass is 9.49. The van der Waals surface area contributed by atoms with Gasteiger partial charge in [-0.2, -0.15) is 0 Å². The van der Waals surface area contributed by atoms with Gasteiger partial charge in [-0.05, 0) is 44.4 Å². The number of Topliss-reactive ketones (excluding diaryl/α,β-unsaturated/α-hetero) is 1. The van der Waals surface area contributed by atoms with Crippen LogP contribution in [0.25, 0.3) is 0 Å². The fourth-order valence-electron chi connectivity index (χ4n) is 6.67. The average Bonchev–Trinajstić information content (AvgIpc) is 2.80. The highest BCUT2D eigenvalue weighted by molar-refractivity contribution is 5.90. The molecule has 1 saturated heterocycles. The molecule has 2 aliphatic carbocycles. The van der Waals surface area contributed by atoms with Gasteiger partial charge in [0.15, 0.2) is 5.78 Å². The zero-order chi connectivity index (χ0) is 26.7. The summed E-state index contributed by atoms with van der Waals surface area (Å²) in [4.78, 5) is 26.9. The first-order valence-electron chi connectivity index (χ1n) is 12.6. The predicted molar refractivity (Wildman–Crippen MR) is 131 cm³/mol. The largest absolute Gasteiger partial charge is 0.455 e. The molecule has 8 nitrogen and oxygen atoms in total. The Bertz CT molecular complexity index is 1050. The Hall–Kier alpha value is -2.10. The normalized spacial score (nSPS) is 39.1. The molecule has 0 bridgehead atoms. The first kappa shape index (κ1) is 26.9. The first-order valence-corrected chi connectivity index (χ1v) is 12.6. The Balaban J connectivity index is 1.91. The van der Waals surface area contributed by atoms with E-state index in [2.05, 4.69) is 0 Å². The van der Waals surface area contributed by atoms with Gasteiger partial charge in [0.1, 0.15) is 23.4 Å². The number of benzene rings is 1. The van der Waals surface area contributed by atoms with Crippen LogP contribution in [-0.4, -0.2) is 74.4 Å². The quantitative estimate of drug-likeness (QED) is 0.344. The Labute approximate surface area is 211 Å². The fraction of sp³-hybridized carbons (Fsp3) is 0.643. The van der Waals surface area contributed by atoms with Crippen LogP contribution in [0.5, 0.6) is 0 Å². The van der Waals surface area contributed by atoms with Crippen LogP contribution in [0.3, 0.4) is 0 Å². The van der Waals surface area contributed by atoms with E-state index < -0.39 is 64.1 Å². The molecule has 2 fully saturated rings. The summed E-state index contributed by atoms with van der Waals surface area (Å²) in [7, 11) is 0. The van der Waals surface area contributed by atoms with Gasteiger partial charge in [0.2, 0.25) is 0 Å². The number of rotatable bonds is 6. The smallest absolute Gasteiger partial charge is 0.338 e. The van der Waals surface area contributed by atoms with E-state index >= 15 is 0 Å². The molecule has 8 heteroatoms. The molecule has 1 saturated carbocycles. The zero-order valence-corrected chi connectivity index (χ0v) is 21.6. The van der Waals surface area contributed by atoms with Gasteiger partial charge in [0, 0.05) is 23.2 Å². The Morgan fingerprint density at radius 3 is 2.33 bits per heavy atom. The molecule has 4 N–H and O–H groups in total. The molecule has 0 spiro atoms. The summed E-state index contributed by atoms with van der Waals surface area (Å²) in [6.07, 6.45) is -2.10. The predicted octanol–water partition coefficient (Wildman–Crippen LogP) is 2.18. The Kier molecular flexibility index (Phi) is 6.76. The molecule has 4 rings (SSSR count). The highest BCUT2D eigenvalue weighted by Crippen LogP contribution is 2.59. The van der Waals surface area contributed by atoms with Crippen LogP contribution in [0, 0.1) is 16.7 Å². The second-order valence-electron chi connectivity index (χ2n) is 11.7. The Morgan fingerprint density at radius 1 is 1.14 bits per heavy atom. The molecule has 1 heterocycles. The van der Waals surface area contributed by atoms with Crippen molar-refractivity contribution < 1.29 is 39.5 Å². The molecule has 0 aromatic heterocycles. The molecule has 8 atom stereocenters. The molecule has 1 aliphatic heterocycles. The van der Waals surface area contributed by atoms with Crippen molar-refractivity contribution >= 4 is 11.8 Å². The maximum absolute atomic E-state index is 13.5. The fourth-order valence-corrected chi connectivity index (χ4v) is 6.67. The van der Waals surface area contributed by atoms with Gasteiger partial charge >= 0.3 is 5.97 Å². The van der Waals surface area contributed by atoms with Gasteiger partial charge in [-0.25, -0.2) is 4.79 Å². The highest BCUT2D eigenvalue weighted by atomic mass is 16.6. The summed E-state index contributed by atoms with van der Waals surface area (Å²) in [6, 6.07) is 8.30. The number of ketones is 1. The van der Waals surface area contributed by atoms with Gasteiger partial charge in [-0.3, -0.25) is 4.79 Å². The van der Waals surface area contributed by atoms with Crippen molar-refractivity contribution in [3.8, 4) is 0 Å². The molecule has 36 heavy (non-hydrogen) atoms. The molecule has 3 aliphatic rings. The lowest BCUT2D eigenvalue weighted by molar-refractivity contribution is -0.326. The highest BCUT2D eigenvalue weighted by Gasteiger charge is 2.71. The first-order chi connectivity index (χ1) is 16.7. The summed E-state index contributed by atoms with van der Waals surface area (Å²) >= 11 is 0. The number of carbonyl (C=O) groups is 2. The van der Waals surface area contributed by atoms with Gasteiger partial charge in [0.05, 0.1) is 24.4 Å². The second-order valence-corrected chi connectivity index (χ2v) is 11.7. The van der Waals surface area contributed by atoms with E-state index in [0.717, 1.165) is 0 Å². The Morgan fingerprint density at radius 2 is 1.78 bits per heavy atom. The van der Waals surface area contributed by atoms with Crippen molar-refractivity contribution in [3.63, 3.8) is 0 Å². The number of hydrogen-bond acceptors (Lipinski definition) is 8. The number of ether oxygens (including phenoxy) is 2. The summed E-state index contributed by atoms with van der Waals surface area (Å²) in [5.41, 5.74) is -4.84. The third kappa shape index (κ3) is 4.03. The standard InChI is InChI=1S/C28H38O8/c1-16-13-25(3,4)28(34,14-19(16)30)23(36-24(32)18-9-7-6-8-10-18)21-26(5,22(31)17(2)29)12-11-20-27(21,33)15-35-20/h6-10,13,17,19-21,23,29-30,33-34H,11-12,14-15H2,1-5H3/t17?,19?,20?,21?,23?,26-,27?,28?/m1/s1. The van der Waals surface area contributed by atoms with E-state index in [-0.39, 0.29) is 25.0 Å². The van der Waals surface area contributed by atoms with Crippen molar-refractivity contribution in [2.75, 3.05) is 6.61 Å². The minimum Gasteiger partial charge on any atom is -0.455 e. The van der Waals surface area contributed by atoms with E-state index in [9.17, 15) is 30.0 Å². The summed E-state index contributed by atoms with van der Waals surface area (Å²) < 4.78 is 11.7. The second kappa shape index (κ2) is 9.03. The van der Waals surface area contributed by atoms with Crippen LogP contribution < -0.4 is 0 Å². The van der Waals surface area contributed by atoms with Crippen molar-refractivity contribution in [2.45, 2.75) is 89.5 Å². The summed E-state index contributed by atoms with van der Waals surface area (Å²) in [6.45, 7) is 8.25. The van der Waals surface area contributed by atoms with E-state index in [1.165, 1.54) is 6.92 Å². The molecule has 1 aromatic rings. The molecule has 1 aromatic carbocycles. The van der Waals surface area contributed by atoms with E-state index in [4.69, 9.17) is 9.47 Å². The van der Waals surface area contributed by atoms with Crippen LogP contribution in [0.1, 0.15) is 64.2 Å². The minimum atomic E-state index is -1.85. The zero-order valence-electron chi connectivity index (χ0n) is 21.6. The van der Waals surface area contributed by atoms with Crippen LogP contribution in [0.15, 0.2) is 42.0 Å². The van der Waals surface area contributed by atoms with E-state index in [0.29, 0.717) is 12.0 Å². The van der Waals surface area contributed by atoms with Gasteiger partial charge in [0.25, 0.3) is 0 Å². The number of aliphatic hydroxyl groups is 4. The lowest BCUT2D eigenvalue weighted by Crippen LogP contribution is -2.76. The van der Waals surface area contributed by atoms with Crippen LogP contribution in [-0.2, 0) is 14.3 Å². The SMILES string of the molecule is CC1=CC(C)(C)C(O)(C(OC(=O)c2ccccc2)C2C3(O)COC3CC[C@@]2(C)C(=O)C(C)O)CC1O. The average molecular weight is 503 g/mol. The number of hydrogen-bond donors (Lipinski definition) is 4. The van der Waals surface area contributed by atoms with Gasteiger partial charge in [-0.1, -0.05) is 45.0 Å². The molecular weight excluding hydrogens is 464 g/mol. The monoisotopic (exact) mass is 502 g/mol. The number of aliphatic hydroxyl groups excluding tert-OH is 2. The summed E-state index contributed by atoms with van der Waals surface area (Å²) in [5.74, 6) is -2.32. The minimum absolute atomic E-state index is 0.0989. The molecule has 7 unspecified atom stereocenters. The summed E-state index contributed by atoms with van der Waals surface area (Å²) in [5, 5.41) is 45.4.